The van der Waals surface area contributed by atoms with Crippen molar-refractivity contribution in [2.75, 3.05) is 5.32 Å². The number of aromatic nitrogens is 5. The number of nitrogens with one attached hydrogen (secondary N) is 1. The van der Waals surface area contributed by atoms with Crippen LogP contribution in [0.15, 0.2) is 59.8 Å². The molecule has 0 saturated carbocycles. The number of aryl methyl sites for hydroxylation is 1. The van der Waals surface area contributed by atoms with Gasteiger partial charge in [0, 0.05) is 5.69 Å². The van der Waals surface area contributed by atoms with Crippen LogP contribution in [-0.4, -0.2) is 36.1 Å². The molecule has 2 aromatic heterocycles. The van der Waals surface area contributed by atoms with Crippen molar-refractivity contribution >= 4 is 45.7 Å². The average molecular weight is 515 g/mol. The van der Waals surface area contributed by atoms with Crippen LogP contribution in [-0.2, 0) is 11.2 Å². The molecule has 1 N–H and O–H groups in total. The van der Waals surface area contributed by atoms with Crippen LogP contribution in [0.3, 0.4) is 0 Å². The fourth-order valence-electron chi connectivity index (χ4n) is 3.09. The lowest BCUT2D eigenvalue weighted by molar-refractivity contribution is -0.115. The fourth-order valence-corrected chi connectivity index (χ4v) is 4.83. The lowest BCUT2D eigenvalue weighted by Gasteiger charge is -2.18. The summed E-state index contributed by atoms with van der Waals surface area (Å²) in [6.45, 7) is 5.70. The predicted molar refractivity (Wildman–Crippen MR) is 135 cm³/mol. The molecule has 0 aliphatic carbocycles. The molecule has 0 aliphatic heterocycles. The highest BCUT2D eigenvalue weighted by Gasteiger charge is 2.25. The molecule has 2 unspecified atom stereocenters. The maximum atomic E-state index is 12.8. The zero-order valence-corrected chi connectivity index (χ0v) is 21.2. The third kappa shape index (κ3) is 5.57. The SMILES string of the molecule is CCc1nnc(NC(=O)C(C)Sc2nnc(C(C)Oc3ccccc3Cl)n2-c2ccccc2)s1. The summed E-state index contributed by atoms with van der Waals surface area (Å²) in [4.78, 5) is 12.8. The van der Waals surface area contributed by atoms with Gasteiger partial charge in [-0.25, -0.2) is 0 Å². The first-order valence-electron chi connectivity index (χ1n) is 10.7. The molecule has 34 heavy (non-hydrogen) atoms. The minimum atomic E-state index is -0.451. The van der Waals surface area contributed by atoms with E-state index in [2.05, 4.69) is 25.7 Å². The van der Waals surface area contributed by atoms with E-state index < -0.39 is 11.4 Å². The molecule has 0 spiro atoms. The molecule has 2 aromatic carbocycles. The number of ether oxygens (including phenoxy) is 1. The Morgan fingerprint density at radius 2 is 1.82 bits per heavy atom. The number of para-hydroxylation sites is 2. The van der Waals surface area contributed by atoms with Gasteiger partial charge in [-0.2, -0.15) is 0 Å². The Kier molecular flexibility index (Phi) is 7.81. The summed E-state index contributed by atoms with van der Waals surface area (Å²) in [6.07, 6.45) is 0.329. The lowest BCUT2D eigenvalue weighted by atomic mass is 10.3. The minimum Gasteiger partial charge on any atom is -0.481 e. The molecule has 0 saturated heterocycles. The second-order valence-corrected chi connectivity index (χ2v) is 10.1. The van der Waals surface area contributed by atoms with Gasteiger partial charge in [0.05, 0.1) is 10.3 Å². The summed E-state index contributed by atoms with van der Waals surface area (Å²) < 4.78 is 7.99. The van der Waals surface area contributed by atoms with Gasteiger partial charge >= 0.3 is 0 Å². The highest BCUT2D eigenvalue weighted by Crippen LogP contribution is 2.32. The van der Waals surface area contributed by atoms with Crippen LogP contribution >= 0.6 is 34.7 Å². The first kappa shape index (κ1) is 24.2. The van der Waals surface area contributed by atoms with Crippen LogP contribution in [0.4, 0.5) is 5.13 Å². The summed E-state index contributed by atoms with van der Waals surface area (Å²) in [5, 5.41) is 21.7. The molecule has 176 valence electrons. The Bertz CT molecular complexity index is 1260. The Balaban J connectivity index is 1.58. The molecule has 11 heteroatoms. The second kappa shape index (κ2) is 11.0. The Morgan fingerprint density at radius 1 is 1.09 bits per heavy atom. The van der Waals surface area contributed by atoms with Crippen LogP contribution in [0.2, 0.25) is 5.02 Å². The number of carbonyl (C=O) groups is 1. The van der Waals surface area contributed by atoms with Gasteiger partial charge in [0.1, 0.15) is 10.8 Å². The molecule has 0 aliphatic rings. The smallest absolute Gasteiger partial charge is 0.239 e. The molecule has 0 fully saturated rings. The molecule has 1 amide bonds. The molecular weight excluding hydrogens is 492 g/mol. The van der Waals surface area contributed by atoms with E-state index in [-0.39, 0.29) is 5.91 Å². The van der Waals surface area contributed by atoms with Gasteiger partial charge < -0.3 is 4.74 Å². The van der Waals surface area contributed by atoms with E-state index in [4.69, 9.17) is 16.3 Å². The van der Waals surface area contributed by atoms with Crippen molar-refractivity contribution in [1.29, 1.82) is 0 Å². The molecule has 2 atom stereocenters. The van der Waals surface area contributed by atoms with Gasteiger partial charge in [-0.15, -0.1) is 20.4 Å². The maximum Gasteiger partial charge on any atom is 0.239 e. The third-order valence-corrected chi connectivity index (χ3v) is 7.17. The van der Waals surface area contributed by atoms with E-state index in [0.717, 1.165) is 17.1 Å². The molecule has 2 heterocycles. The third-order valence-electron chi connectivity index (χ3n) is 4.83. The van der Waals surface area contributed by atoms with Gasteiger partial charge in [-0.1, -0.05) is 72.0 Å². The van der Waals surface area contributed by atoms with Crippen LogP contribution in [0.5, 0.6) is 5.75 Å². The summed E-state index contributed by atoms with van der Waals surface area (Å²) in [6, 6.07) is 17.0. The highest BCUT2D eigenvalue weighted by molar-refractivity contribution is 8.00. The van der Waals surface area contributed by atoms with Gasteiger partial charge in [-0.05, 0) is 44.5 Å². The van der Waals surface area contributed by atoms with Gasteiger partial charge in [0.15, 0.2) is 17.1 Å². The summed E-state index contributed by atoms with van der Waals surface area (Å²) in [5.74, 6) is 0.969. The normalized spacial score (nSPS) is 12.8. The van der Waals surface area contributed by atoms with Crippen LogP contribution < -0.4 is 10.1 Å². The van der Waals surface area contributed by atoms with Crippen molar-refractivity contribution in [2.45, 2.75) is 43.7 Å². The van der Waals surface area contributed by atoms with E-state index >= 15 is 0 Å². The summed E-state index contributed by atoms with van der Waals surface area (Å²) in [5.41, 5.74) is 0.865. The first-order valence-corrected chi connectivity index (χ1v) is 12.8. The van der Waals surface area contributed by atoms with Crippen molar-refractivity contribution in [1.82, 2.24) is 25.0 Å². The number of nitrogens with zero attached hydrogens (tertiary/aromatic N) is 5. The summed E-state index contributed by atoms with van der Waals surface area (Å²) >= 11 is 8.95. The largest absolute Gasteiger partial charge is 0.481 e. The van der Waals surface area contributed by atoms with Crippen LogP contribution in [0.1, 0.15) is 37.7 Å². The lowest BCUT2D eigenvalue weighted by Crippen LogP contribution is -2.23. The zero-order chi connectivity index (χ0) is 24.1. The van der Waals surface area contributed by atoms with Crippen molar-refractivity contribution in [3.8, 4) is 11.4 Å². The molecule has 0 radical (unpaired) electrons. The van der Waals surface area contributed by atoms with Crippen molar-refractivity contribution in [3.63, 3.8) is 0 Å². The predicted octanol–water partition coefficient (Wildman–Crippen LogP) is 5.59. The number of anilines is 1. The molecule has 4 aromatic rings. The number of rotatable bonds is 9. The average Bonchev–Trinajstić information content (AvgIpc) is 3.48. The number of carbonyl (C=O) groups excluding carboxylic acids is 1. The van der Waals surface area contributed by atoms with Crippen molar-refractivity contribution in [2.24, 2.45) is 0 Å². The van der Waals surface area contributed by atoms with E-state index in [1.54, 1.807) is 6.07 Å². The number of amides is 1. The van der Waals surface area contributed by atoms with E-state index in [0.29, 0.717) is 26.9 Å². The topological polar surface area (TPSA) is 94.8 Å². The summed E-state index contributed by atoms with van der Waals surface area (Å²) in [7, 11) is 0. The minimum absolute atomic E-state index is 0.187. The van der Waals surface area contributed by atoms with E-state index in [1.807, 2.05) is 73.9 Å². The van der Waals surface area contributed by atoms with Crippen molar-refractivity contribution in [3.05, 3.63) is 70.5 Å². The fraction of sp³-hybridized carbons (Fsp3) is 0.261. The van der Waals surface area contributed by atoms with Gasteiger partial charge in [0.2, 0.25) is 11.0 Å². The van der Waals surface area contributed by atoms with E-state index in [1.165, 1.54) is 23.1 Å². The first-order chi connectivity index (χ1) is 16.5. The highest BCUT2D eigenvalue weighted by atomic mass is 35.5. The molecule has 4 rings (SSSR count). The maximum absolute atomic E-state index is 12.8. The molecule has 0 bridgehead atoms. The zero-order valence-electron chi connectivity index (χ0n) is 18.8. The number of halogens is 1. The molecular formula is C23H23ClN6O2S2. The number of hydrogen-bond acceptors (Lipinski definition) is 8. The number of hydrogen-bond donors (Lipinski definition) is 1. The standard InChI is InChI=1S/C23H23ClN6O2S2/c1-4-19-26-28-22(34-19)25-21(31)15(3)33-23-29-27-20(30(23)16-10-6-5-7-11-16)14(2)32-18-13-9-8-12-17(18)24/h5-15H,4H2,1-3H3,(H,25,28,31). The van der Waals surface area contributed by atoms with Crippen molar-refractivity contribution < 1.29 is 9.53 Å². The van der Waals surface area contributed by atoms with Gasteiger partial charge in [0.25, 0.3) is 0 Å². The monoisotopic (exact) mass is 514 g/mol. The Hall–Kier alpha value is -2.95. The number of thioether (sulfide) groups is 1. The quantitative estimate of drug-likeness (QED) is 0.291. The van der Waals surface area contributed by atoms with Gasteiger partial charge in [-0.3, -0.25) is 14.7 Å². The van der Waals surface area contributed by atoms with Crippen LogP contribution in [0.25, 0.3) is 5.69 Å². The number of benzene rings is 2. The second-order valence-electron chi connectivity index (χ2n) is 7.31. The Labute approximate surface area is 210 Å². The van der Waals surface area contributed by atoms with Crippen LogP contribution in [0, 0.1) is 0 Å². The molecule has 8 nitrogen and oxygen atoms in total. The Morgan fingerprint density at radius 3 is 2.53 bits per heavy atom. The van der Waals surface area contributed by atoms with E-state index in [9.17, 15) is 4.79 Å².